The monoisotopic (exact) mass is 258 g/mol. The standard InChI is InChI=1S/C13H26N2O3/c1-13(2,3)18-12(17)15-7-4-10(5-8-15)11(14)6-9-16/h10-11,16H,4-9,14H2,1-3H3. The van der Waals surface area contributed by atoms with Crippen molar-refractivity contribution in [3.05, 3.63) is 0 Å². The Hall–Kier alpha value is -0.810. The molecule has 1 heterocycles. The third-order valence-electron chi connectivity index (χ3n) is 3.26. The van der Waals surface area contributed by atoms with Crippen LogP contribution in [0, 0.1) is 5.92 Å². The van der Waals surface area contributed by atoms with Crippen molar-refractivity contribution in [3.8, 4) is 0 Å². The molecule has 0 bridgehead atoms. The van der Waals surface area contributed by atoms with E-state index in [1.807, 2.05) is 20.8 Å². The zero-order valence-corrected chi connectivity index (χ0v) is 11.7. The van der Waals surface area contributed by atoms with E-state index >= 15 is 0 Å². The summed E-state index contributed by atoms with van der Waals surface area (Å²) in [7, 11) is 0. The predicted molar refractivity (Wildman–Crippen MR) is 70.2 cm³/mol. The number of nitrogens with two attached hydrogens (primary N) is 1. The fourth-order valence-electron chi connectivity index (χ4n) is 2.22. The van der Waals surface area contributed by atoms with Gasteiger partial charge in [0.2, 0.25) is 0 Å². The van der Waals surface area contributed by atoms with Crippen LogP contribution in [0.15, 0.2) is 0 Å². The van der Waals surface area contributed by atoms with Crippen molar-refractivity contribution >= 4 is 6.09 Å². The van der Waals surface area contributed by atoms with Gasteiger partial charge < -0.3 is 20.5 Å². The first kappa shape index (κ1) is 15.2. The van der Waals surface area contributed by atoms with E-state index in [1.165, 1.54) is 0 Å². The fraction of sp³-hybridized carbons (Fsp3) is 0.923. The molecule has 1 amide bonds. The summed E-state index contributed by atoms with van der Waals surface area (Å²) in [6.07, 6.45) is 2.18. The number of hydrogen-bond acceptors (Lipinski definition) is 4. The van der Waals surface area contributed by atoms with Crippen LogP contribution in [0.5, 0.6) is 0 Å². The van der Waals surface area contributed by atoms with E-state index in [0.29, 0.717) is 25.4 Å². The minimum atomic E-state index is -0.443. The Bertz CT molecular complexity index is 268. The summed E-state index contributed by atoms with van der Waals surface area (Å²) in [5.74, 6) is 0.399. The molecule has 18 heavy (non-hydrogen) atoms. The largest absolute Gasteiger partial charge is 0.444 e. The van der Waals surface area contributed by atoms with Crippen LogP contribution in [-0.4, -0.2) is 47.4 Å². The van der Waals surface area contributed by atoms with Gasteiger partial charge in [0, 0.05) is 25.7 Å². The number of aliphatic hydroxyl groups is 1. The normalized spacial score (nSPS) is 19.7. The SMILES string of the molecule is CC(C)(C)OC(=O)N1CCC(C(N)CCO)CC1. The molecule has 5 nitrogen and oxygen atoms in total. The summed E-state index contributed by atoms with van der Waals surface area (Å²) in [4.78, 5) is 13.6. The Labute approximate surface area is 109 Å². The second-order valence-corrected chi connectivity index (χ2v) is 5.98. The molecule has 1 atom stereocenters. The van der Waals surface area contributed by atoms with Gasteiger partial charge in [-0.1, -0.05) is 0 Å². The number of carbonyl (C=O) groups is 1. The molecule has 0 saturated carbocycles. The first-order valence-electron chi connectivity index (χ1n) is 6.68. The topological polar surface area (TPSA) is 75.8 Å². The molecule has 5 heteroatoms. The van der Waals surface area contributed by atoms with Crippen molar-refractivity contribution < 1.29 is 14.6 Å². The maximum Gasteiger partial charge on any atom is 0.410 e. The second-order valence-electron chi connectivity index (χ2n) is 5.98. The number of aliphatic hydroxyl groups excluding tert-OH is 1. The summed E-state index contributed by atoms with van der Waals surface area (Å²) in [6, 6.07) is 0.0378. The smallest absolute Gasteiger partial charge is 0.410 e. The molecule has 1 aliphatic rings. The highest BCUT2D eigenvalue weighted by atomic mass is 16.6. The predicted octanol–water partition coefficient (Wildman–Crippen LogP) is 1.34. The Morgan fingerprint density at radius 2 is 2.00 bits per heavy atom. The van der Waals surface area contributed by atoms with Crippen LogP contribution in [0.4, 0.5) is 4.79 Å². The van der Waals surface area contributed by atoms with E-state index < -0.39 is 5.60 Å². The molecule has 1 unspecified atom stereocenters. The van der Waals surface area contributed by atoms with E-state index in [1.54, 1.807) is 4.90 Å². The van der Waals surface area contributed by atoms with Gasteiger partial charge in [0.15, 0.2) is 0 Å². The van der Waals surface area contributed by atoms with Crippen LogP contribution in [0.3, 0.4) is 0 Å². The number of hydrogen-bond donors (Lipinski definition) is 2. The lowest BCUT2D eigenvalue weighted by molar-refractivity contribution is 0.0171. The molecule has 1 fully saturated rings. The molecule has 3 N–H and O–H groups in total. The third-order valence-corrected chi connectivity index (χ3v) is 3.26. The van der Waals surface area contributed by atoms with Crippen LogP contribution < -0.4 is 5.73 Å². The maximum absolute atomic E-state index is 11.8. The number of likely N-dealkylation sites (tertiary alicyclic amines) is 1. The van der Waals surface area contributed by atoms with Gasteiger partial charge >= 0.3 is 6.09 Å². The Morgan fingerprint density at radius 3 is 2.44 bits per heavy atom. The van der Waals surface area contributed by atoms with Crippen molar-refractivity contribution in [2.75, 3.05) is 19.7 Å². The van der Waals surface area contributed by atoms with Gasteiger partial charge in [-0.15, -0.1) is 0 Å². The molecule has 0 aromatic heterocycles. The lowest BCUT2D eigenvalue weighted by Gasteiger charge is -2.35. The molecule has 1 aliphatic heterocycles. The van der Waals surface area contributed by atoms with E-state index in [4.69, 9.17) is 15.6 Å². The molecule has 106 valence electrons. The molecular formula is C13H26N2O3. The molecule has 0 aromatic rings. The van der Waals surface area contributed by atoms with E-state index in [-0.39, 0.29) is 18.7 Å². The number of piperidine rings is 1. The quantitative estimate of drug-likeness (QED) is 0.801. The third kappa shape index (κ3) is 4.82. The lowest BCUT2D eigenvalue weighted by atomic mass is 9.88. The van der Waals surface area contributed by atoms with Crippen molar-refractivity contribution in [3.63, 3.8) is 0 Å². The zero-order chi connectivity index (χ0) is 13.8. The van der Waals surface area contributed by atoms with Crippen molar-refractivity contribution in [1.29, 1.82) is 0 Å². The summed E-state index contributed by atoms with van der Waals surface area (Å²) in [6.45, 7) is 7.13. The van der Waals surface area contributed by atoms with Crippen molar-refractivity contribution in [2.45, 2.75) is 51.7 Å². The summed E-state index contributed by atoms with van der Waals surface area (Å²) in [5.41, 5.74) is 5.54. The Balaban J connectivity index is 2.37. The van der Waals surface area contributed by atoms with Gasteiger partial charge in [0.1, 0.15) is 5.60 Å². The lowest BCUT2D eigenvalue weighted by Crippen LogP contribution is -2.45. The number of amides is 1. The highest BCUT2D eigenvalue weighted by Gasteiger charge is 2.28. The second kappa shape index (κ2) is 6.38. The number of ether oxygens (including phenoxy) is 1. The maximum atomic E-state index is 11.8. The van der Waals surface area contributed by atoms with Crippen molar-refractivity contribution in [2.24, 2.45) is 11.7 Å². The first-order valence-corrected chi connectivity index (χ1v) is 6.68. The average molecular weight is 258 g/mol. The van der Waals surface area contributed by atoms with Crippen LogP contribution in [0.1, 0.15) is 40.0 Å². The van der Waals surface area contributed by atoms with Gasteiger partial charge in [-0.3, -0.25) is 0 Å². The van der Waals surface area contributed by atoms with Crippen LogP contribution >= 0.6 is 0 Å². The highest BCUT2D eigenvalue weighted by Crippen LogP contribution is 2.22. The molecule has 0 aliphatic carbocycles. The summed E-state index contributed by atoms with van der Waals surface area (Å²) >= 11 is 0. The number of rotatable bonds is 3. The van der Waals surface area contributed by atoms with Gasteiger partial charge in [0.25, 0.3) is 0 Å². The molecular weight excluding hydrogens is 232 g/mol. The Morgan fingerprint density at radius 1 is 1.44 bits per heavy atom. The van der Waals surface area contributed by atoms with Gasteiger partial charge in [-0.05, 0) is 46.0 Å². The molecule has 0 radical (unpaired) electrons. The first-order chi connectivity index (χ1) is 8.33. The van der Waals surface area contributed by atoms with Crippen molar-refractivity contribution in [1.82, 2.24) is 4.90 Å². The summed E-state index contributed by atoms with van der Waals surface area (Å²) < 4.78 is 5.34. The average Bonchev–Trinajstić information content (AvgIpc) is 2.27. The zero-order valence-electron chi connectivity index (χ0n) is 11.7. The summed E-state index contributed by atoms with van der Waals surface area (Å²) in [5, 5.41) is 8.87. The van der Waals surface area contributed by atoms with Gasteiger partial charge in [-0.25, -0.2) is 4.79 Å². The van der Waals surface area contributed by atoms with E-state index in [2.05, 4.69) is 0 Å². The van der Waals surface area contributed by atoms with Crippen LogP contribution in [0.25, 0.3) is 0 Å². The number of carbonyl (C=O) groups excluding carboxylic acids is 1. The fourth-order valence-corrected chi connectivity index (χ4v) is 2.22. The molecule has 0 spiro atoms. The van der Waals surface area contributed by atoms with E-state index in [9.17, 15) is 4.79 Å². The van der Waals surface area contributed by atoms with Gasteiger partial charge in [-0.2, -0.15) is 0 Å². The van der Waals surface area contributed by atoms with E-state index in [0.717, 1.165) is 12.8 Å². The minimum Gasteiger partial charge on any atom is -0.444 e. The molecule has 1 rings (SSSR count). The molecule has 0 aromatic carbocycles. The number of nitrogens with zero attached hydrogens (tertiary/aromatic N) is 1. The highest BCUT2D eigenvalue weighted by molar-refractivity contribution is 5.68. The Kier molecular flexibility index (Phi) is 5.41. The molecule has 1 saturated heterocycles. The van der Waals surface area contributed by atoms with Crippen LogP contribution in [0.2, 0.25) is 0 Å². The minimum absolute atomic E-state index is 0.0378. The van der Waals surface area contributed by atoms with Gasteiger partial charge in [0.05, 0.1) is 0 Å². The van der Waals surface area contributed by atoms with Crippen LogP contribution in [-0.2, 0) is 4.74 Å².